The monoisotopic (exact) mass is 455 g/mol. The van der Waals surface area contributed by atoms with E-state index >= 15 is 0 Å². The summed E-state index contributed by atoms with van der Waals surface area (Å²) in [5.74, 6) is -3.77. The molecule has 172 valence electrons. The number of rotatable bonds is 8. The van der Waals surface area contributed by atoms with Gasteiger partial charge in [-0.1, -0.05) is 32.9 Å². The van der Waals surface area contributed by atoms with Gasteiger partial charge in [0.25, 0.3) is 5.91 Å². The van der Waals surface area contributed by atoms with Gasteiger partial charge in [-0.25, -0.2) is 13.6 Å². The number of hydrogen-bond donors (Lipinski definition) is 2. The third-order valence-electron chi connectivity index (χ3n) is 6.67. The summed E-state index contributed by atoms with van der Waals surface area (Å²) in [5, 5.41) is 14.4. The van der Waals surface area contributed by atoms with Gasteiger partial charge >= 0.3 is 5.97 Å². The van der Waals surface area contributed by atoms with E-state index < -0.39 is 29.3 Å². The van der Waals surface area contributed by atoms with Crippen LogP contribution in [0.5, 0.6) is 0 Å². The number of aliphatic carboxylic acids is 1. The topological polar surface area (TPSA) is 75.6 Å². The molecule has 1 aliphatic heterocycles. The van der Waals surface area contributed by atoms with Crippen molar-refractivity contribution < 1.29 is 28.2 Å². The SMILES string of the molecule is CCC(C)(C)[C@H](NC(=O)C1=C(OCC2CCC(F)(F)CC2)C2C=CSC2C=C1)C(=O)O. The molecule has 0 radical (unpaired) electrons. The summed E-state index contributed by atoms with van der Waals surface area (Å²) >= 11 is 1.63. The molecule has 2 aliphatic carbocycles. The third-order valence-corrected chi connectivity index (χ3v) is 7.75. The van der Waals surface area contributed by atoms with E-state index in [9.17, 15) is 23.5 Å². The van der Waals surface area contributed by atoms with Gasteiger partial charge in [-0.05, 0) is 42.1 Å². The lowest BCUT2D eigenvalue weighted by Crippen LogP contribution is -2.50. The number of nitrogens with one attached hydrogen (secondary N) is 1. The lowest BCUT2D eigenvalue weighted by atomic mass is 9.81. The van der Waals surface area contributed by atoms with Crippen LogP contribution in [-0.4, -0.2) is 40.8 Å². The van der Waals surface area contributed by atoms with E-state index in [0.29, 0.717) is 30.6 Å². The molecule has 0 aromatic heterocycles. The van der Waals surface area contributed by atoms with E-state index in [1.165, 1.54) is 0 Å². The van der Waals surface area contributed by atoms with Crippen molar-refractivity contribution in [2.24, 2.45) is 17.3 Å². The molecule has 8 heteroatoms. The van der Waals surface area contributed by atoms with Crippen LogP contribution in [0.2, 0.25) is 0 Å². The number of carboxylic acid groups (broad SMARTS) is 1. The molecule has 2 N–H and O–H groups in total. The van der Waals surface area contributed by atoms with E-state index in [1.54, 1.807) is 31.7 Å². The van der Waals surface area contributed by atoms with Gasteiger partial charge in [0, 0.05) is 18.1 Å². The van der Waals surface area contributed by atoms with Gasteiger partial charge in [0.15, 0.2) is 0 Å². The molecule has 0 aromatic carbocycles. The van der Waals surface area contributed by atoms with Crippen LogP contribution in [0.4, 0.5) is 8.78 Å². The third kappa shape index (κ3) is 5.51. The molecule has 1 heterocycles. The number of fused-ring (bicyclic) bond motifs is 1. The molecular formula is C23H31F2NO4S. The van der Waals surface area contributed by atoms with Gasteiger partial charge in [0.05, 0.1) is 18.1 Å². The molecule has 3 aliphatic rings. The molecule has 1 fully saturated rings. The summed E-state index contributed by atoms with van der Waals surface area (Å²) in [6.45, 7) is 5.77. The highest BCUT2D eigenvalue weighted by atomic mass is 32.2. The first-order chi connectivity index (χ1) is 14.5. The first-order valence-electron chi connectivity index (χ1n) is 10.8. The molecule has 3 rings (SSSR count). The lowest BCUT2D eigenvalue weighted by Gasteiger charge is -2.33. The van der Waals surface area contributed by atoms with Crippen molar-refractivity contribution in [3.63, 3.8) is 0 Å². The van der Waals surface area contributed by atoms with Crippen LogP contribution in [0, 0.1) is 17.3 Å². The zero-order valence-corrected chi connectivity index (χ0v) is 19.0. The van der Waals surface area contributed by atoms with E-state index in [4.69, 9.17) is 4.74 Å². The predicted molar refractivity (Wildman–Crippen MR) is 117 cm³/mol. The number of carbonyl (C=O) groups is 2. The average Bonchev–Trinajstić information content (AvgIpc) is 3.19. The van der Waals surface area contributed by atoms with Gasteiger partial charge < -0.3 is 15.2 Å². The highest BCUT2D eigenvalue weighted by molar-refractivity contribution is 8.03. The molecule has 2 unspecified atom stereocenters. The highest BCUT2D eigenvalue weighted by Crippen LogP contribution is 2.42. The molecule has 0 aromatic rings. The highest BCUT2D eigenvalue weighted by Gasteiger charge is 2.39. The van der Waals surface area contributed by atoms with Crippen LogP contribution >= 0.6 is 11.8 Å². The van der Waals surface area contributed by atoms with Crippen molar-refractivity contribution in [1.29, 1.82) is 0 Å². The first kappa shape index (κ1) is 23.8. The van der Waals surface area contributed by atoms with Crippen LogP contribution in [0.3, 0.4) is 0 Å². The first-order valence-corrected chi connectivity index (χ1v) is 11.8. The molecule has 3 atom stereocenters. The number of ether oxygens (including phenoxy) is 1. The van der Waals surface area contributed by atoms with Crippen molar-refractivity contribution in [2.45, 2.75) is 70.1 Å². The number of carbonyl (C=O) groups excluding carboxylic acids is 1. The maximum Gasteiger partial charge on any atom is 0.326 e. The summed E-state index contributed by atoms with van der Waals surface area (Å²) in [5.41, 5.74) is -0.312. The maximum atomic E-state index is 13.5. The number of amides is 1. The smallest absolute Gasteiger partial charge is 0.326 e. The number of thioether (sulfide) groups is 1. The largest absolute Gasteiger partial charge is 0.496 e. The molecule has 5 nitrogen and oxygen atoms in total. The Kier molecular flexibility index (Phi) is 7.18. The quantitative estimate of drug-likeness (QED) is 0.544. The van der Waals surface area contributed by atoms with Crippen LogP contribution in [0.1, 0.15) is 52.9 Å². The Bertz CT molecular complexity index is 795. The fourth-order valence-corrected chi connectivity index (χ4v) is 5.10. The molecule has 31 heavy (non-hydrogen) atoms. The van der Waals surface area contributed by atoms with Gasteiger partial charge in [-0.2, -0.15) is 0 Å². The second-order valence-electron chi connectivity index (χ2n) is 9.29. The summed E-state index contributed by atoms with van der Waals surface area (Å²) < 4.78 is 33.0. The Morgan fingerprint density at radius 3 is 2.61 bits per heavy atom. The number of hydrogen-bond acceptors (Lipinski definition) is 4. The van der Waals surface area contributed by atoms with Crippen LogP contribution in [-0.2, 0) is 14.3 Å². The van der Waals surface area contributed by atoms with Gasteiger partial charge in [0.2, 0.25) is 5.92 Å². The Morgan fingerprint density at radius 1 is 1.32 bits per heavy atom. The molecular weight excluding hydrogens is 424 g/mol. The van der Waals surface area contributed by atoms with E-state index in [2.05, 4.69) is 5.32 Å². The minimum absolute atomic E-state index is 0.0182. The second kappa shape index (κ2) is 9.35. The van der Waals surface area contributed by atoms with Crippen LogP contribution in [0.15, 0.2) is 35.0 Å². The van der Waals surface area contributed by atoms with Crippen molar-refractivity contribution in [3.8, 4) is 0 Å². The molecule has 1 amide bonds. The molecule has 0 bridgehead atoms. The zero-order valence-electron chi connectivity index (χ0n) is 18.2. The van der Waals surface area contributed by atoms with Crippen molar-refractivity contribution in [3.05, 3.63) is 35.0 Å². The average molecular weight is 456 g/mol. The maximum absolute atomic E-state index is 13.5. The Morgan fingerprint density at radius 2 is 2.00 bits per heavy atom. The molecule has 0 saturated heterocycles. The summed E-state index contributed by atoms with van der Waals surface area (Å²) in [6, 6.07) is -1.04. The Balaban J connectivity index is 1.78. The number of allylic oxidation sites excluding steroid dienone is 1. The zero-order chi connectivity index (χ0) is 22.8. The van der Waals surface area contributed by atoms with Crippen LogP contribution in [0.25, 0.3) is 0 Å². The summed E-state index contributed by atoms with van der Waals surface area (Å²) in [6.07, 6.45) is 6.69. The standard InChI is InChI=1S/C23H31F2NO4S/c1-4-22(2,3)19(21(28)29)26-20(27)16-5-6-17-15(9-12-31-17)18(16)30-13-14-7-10-23(24,25)11-8-14/h5-6,9,12,14-15,17,19H,4,7-8,10-11,13H2,1-3H3,(H,26,27)(H,28,29)/t15?,17?,19-/m1/s1. The molecule has 1 saturated carbocycles. The van der Waals surface area contributed by atoms with E-state index in [1.807, 2.05) is 24.5 Å². The fourth-order valence-electron chi connectivity index (χ4n) is 4.11. The number of halogens is 2. The van der Waals surface area contributed by atoms with E-state index in [0.717, 1.165) is 0 Å². The normalized spacial score (nSPS) is 26.5. The van der Waals surface area contributed by atoms with Gasteiger partial charge in [0.1, 0.15) is 11.8 Å². The van der Waals surface area contributed by atoms with Crippen LogP contribution < -0.4 is 5.32 Å². The predicted octanol–water partition coefficient (Wildman–Crippen LogP) is 4.90. The van der Waals surface area contributed by atoms with Crippen molar-refractivity contribution >= 4 is 23.6 Å². The lowest BCUT2D eigenvalue weighted by molar-refractivity contribution is -0.144. The Hall–Kier alpha value is -1.83. The minimum Gasteiger partial charge on any atom is -0.496 e. The fraction of sp³-hybridized carbons (Fsp3) is 0.652. The Labute approximate surface area is 186 Å². The second-order valence-corrected chi connectivity index (χ2v) is 10.4. The van der Waals surface area contributed by atoms with Gasteiger partial charge in [-0.3, -0.25) is 4.79 Å². The minimum atomic E-state index is -2.59. The van der Waals surface area contributed by atoms with E-state index in [-0.39, 0.29) is 36.5 Å². The number of carboxylic acids is 1. The van der Waals surface area contributed by atoms with Crippen molar-refractivity contribution in [2.75, 3.05) is 6.61 Å². The summed E-state index contributed by atoms with van der Waals surface area (Å²) in [7, 11) is 0. The summed E-state index contributed by atoms with van der Waals surface area (Å²) in [4.78, 5) is 24.9. The number of alkyl halides is 2. The van der Waals surface area contributed by atoms with Gasteiger partial charge in [-0.15, -0.1) is 11.8 Å². The molecule has 0 spiro atoms. The van der Waals surface area contributed by atoms with Crippen molar-refractivity contribution in [1.82, 2.24) is 5.32 Å².